The van der Waals surface area contributed by atoms with Gasteiger partial charge in [0.25, 0.3) is 0 Å². The minimum Gasteiger partial charge on any atom is -0.375 e. The van der Waals surface area contributed by atoms with Crippen LogP contribution in [0.15, 0.2) is 6.33 Å². The van der Waals surface area contributed by atoms with Gasteiger partial charge in [0, 0.05) is 19.6 Å². The highest BCUT2D eigenvalue weighted by molar-refractivity contribution is 7.71. The van der Waals surface area contributed by atoms with E-state index in [0.717, 1.165) is 24.6 Å². The minimum atomic E-state index is 0.422. The first-order valence-corrected chi connectivity index (χ1v) is 7.10. The van der Waals surface area contributed by atoms with Gasteiger partial charge in [-0.25, -0.2) is 4.68 Å². The van der Waals surface area contributed by atoms with E-state index in [4.69, 9.17) is 17.0 Å². The molecule has 2 atom stereocenters. The maximum Gasteiger partial charge on any atom is 0.198 e. The van der Waals surface area contributed by atoms with Gasteiger partial charge in [-0.3, -0.25) is 4.90 Å². The average molecular weight is 268 g/mol. The van der Waals surface area contributed by atoms with Gasteiger partial charge >= 0.3 is 0 Å². The Bertz CT molecular complexity index is 467. The van der Waals surface area contributed by atoms with Crippen LogP contribution in [0, 0.1) is 4.77 Å². The van der Waals surface area contributed by atoms with E-state index in [9.17, 15) is 0 Å². The van der Waals surface area contributed by atoms with E-state index in [2.05, 4.69) is 10.00 Å². The third kappa shape index (κ3) is 2.24. The summed E-state index contributed by atoms with van der Waals surface area (Å²) in [6.45, 7) is 2.62. The lowest BCUT2D eigenvalue weighted by atomic mass is 9.90. The average Bonchev–Trinajstić information content (AvgIpc) is 2.71. The maximum absolute atomic E-state index is 5.88. The Balaban J connectivity index is 1.75. The van der Waals surface area contributed by atoms with Gasteiger partial charge in [0.2, 0.25) is 0 Å². The zero-order chi connectivity index (χ0) is 12.5. The molecule has 0 unspecified atom stereocenters. The lowest BCUT2D eigenvalue weighted by Gasteiger charge is -2.43. The molecule has 18 heavy (non-hydrogen) atoms. The van der Waals surface area contributed by atoms with Crippen molar-refractivity contribution in [1.82, 2.24) is 19.2 Å². The molecule has 0 amide bonds. The van der Waals surface area contributed by atoms with E-state index in [1.165, 1.54) is 25.7 Å². The van der Waals surface area contributed by atoms with Crippen molar-refractivity contribution in [3.05, 3.63) is 11.1 Å². The van der Waals surface area contributed by atoms with Gasteiger partial charge in [-0.15, -0.1) is 0 Å². The first kappa shape index (κ1) is 12.3. The lowest BCUT2D eigenvalue weighted by Crippen LogP contribution is -2.52. The molecule has 0 radical (unpaired) electrons. The monoisotopic (exact) mass is 268 g/mol. The van der Waals surface area contributed by atoms with E-state index >= 15 is 0 Å². The number of rotatable bonds is 2. The summed E-state index contributed by atoms with van der Waals surface area (Å²) in [7, 11) is 1.94. The fourth-order valence-corrected chi connectivity index (χ4v) is 3.19. The van der Waals surface area contributed by atoms with Gasteiger partial charge in [-0.2, -0.15) is 5.10 Å². The summed E-state index contributed by atoms with van der Waals surface area (Å²) < 4.78 is 10.5. The van der Waals surface area contributed by atoms with Crippen LogP contribution in [0.2, 0.25) is 0 Å². The maximum atomic E-state index is 5.88. The molecule has 1 aliphatic carbocycles. The van der Waals surface area contributed by atoms with E-state index in [0.29, 0.717) is 12.1 Å². The molecule has 1 saturated carbocycles. The van der Waals surface area contributed by atoms with Crippen LogP contribution >= 0.6 is 12.2 Å². The molecule has 6 heteroatoms. The van der Waals surface area contributed by atoms with Gasteiger partial charge in [0.1, 0.15) is 6.33 Å². The fourth-order valence-electron chi connectivity index (χ4n) is 3.04. The molecule has 2 fully saturated rings. The van der Waals surface area contributed by atoms with Crippen molar-refractivity contribution in [2.75, 3.05) is 13.2 Å². The molecule has 100 valence electrons. The largest absolute Gasteiger partial charge is 0.375 e. The zero-order valence-corrected chi connectivity index (χ0v) is 11.6. The summed E-state index contributed by atoms with van der Waals surface area (Å²) >= 11 is 5.35. The van der Waals surface area contributed by atoms with Crippen LogP contribution in [-0.4, -0.2) is 44.5 Å². The van der Waals surface area contributed by atoms with Crippen LogP contribution in [0.5, 0.6) is 0 Å². The van der Waals surface area contributed by atoms with Crippen molar-refractivity contribution in [3.8, 4) is 0 Å². The molecule has 1 aromatic heterocycles. The molecule has 0 bridgehead atoms. The minimum absolute atomic E-state index is 0.422. The molecule has 5 nitrogen and oxygen atoms in total. The highest BCUT2D eigenvalue weighted by Crippen LogP contribution is 2.28. The summed E-state index contributed by atoms with van der Waals surface area (Å²) in [6, 6.07) is 0.552. The van der Waals surface area contributed by atoms with E-state index in [-0.39, 0.29) is 0 Å². The Kier molecular flexibility index (Phi) is 3.50. The van der Waals surface area contributed by atoms with Gasteiger partial charge < -0.3 is 9.30 Å². The summed E-state index contributed by atoms with van der Waals surface area (Å²) in [4.78, 5) is 2.48. The Labute approximate surface area is 112 Å². The normalized spacial score (nSPS) is 29.2. The number of hydrogen-bond donors (Lipinski definition) is 0. The predicted molar refractivity (Wildman–Crippen MR) is 70.7 cm³/mol. The molecule has 1 aliphatic heterocycles. The van der Waals surface area contributed by atoms with Crippen molar-refractivity contribution in [3.63, 3.8) is 0 Å². The summed E-state index contributed by atoms with van der Waals surface area (Å²) in [5, 5.41) is 4.34. The first-order chi connectivity index (χ1) is 8.75. The summed E-state index contributed by atoms with van der Waals surface area (Å²) in [5.74, 6) is 0. The van der Waals surface area contributed by atoms with Crippen LogP contribution in [0.1, 0.15) is 25.7 Å². The van der Waals surface area contributed by atoms with E-state index in [1.54, 1.807) is 6.33 Å². The molecular formula is C12H20N4OS. The second-order valence-electron chi connectivity index (χ2n) is 5.24. The third-order valence-electron chi connectivity index (χ3n) is 4.05. The van der Waals surface area contributed by atoms with Gasteiger partial charge in [0.15, 0.2) is 4.77 Å². The SMILES string of the molecule is Cn1cnn(CN2CCO[C@@H]3CCCC[C@@H]32)c1=S. The number of morpholine rings is 1. The first-order valence-electron chi connectivity index (χ1n) is 6.70. The Morgan fingerprint density at radius 3 is 3.06 bits per heavy atom. The number of aromatic nitrogens is 3. The third-order valence-corrected chi connectivity index (χ3v) is 4.55. The number of fused-ring (bicyclic) bond motifs is 1. The fraction of sp³-hybridized carbons (Fsp3) is 0.833. The van der Waals surface area contributed by atoms with Crippen LogP contribution in [0.25, 0.3) is 0 Å². The zero-order valence-electron chi connectivity index (χ0n) is 10.8. The van der Waals surface area contributed by atoms with Crippen LogP contribution in [-0.2, 0) is 18.5 Å². The van der Waals surface area contributed by atoms with E-state index in [1.807, 2.05) is 16.3 Å². The number of hydrogen-bond acceptors (Lipinski definition) is 4. The van der Waals surface area contributed by atoms with Crippen molar-refractivity contribution in [2.45, 2.75) is 44.5 Å². The van der Waals surface area contributed by atoms with Gasteiger partial charge in [-0.1, -0.05) is 12.8 Å². The molecule has 1 saturated heterocycles. The molecule has 0 aromatic carbocycles. The van der Waals surface area contributed by atoms with Crippen molar-refractivity contribution < 1.29 is 4.74 Å². The molecular weight excluding hydrogens is 248 g/mol. The van der Waals surface area contributed by atoms with Crippen LogP contribution in [0.4, 0.5) is 0 Å². The Morgan fingerprint density at radius 2 is 2.28 bits per heavy atom. The summed E-state index contributed by atoms with van der Waals surface area (Å²) in [5.41, 5.74) is 0. The summed E-state index contributed by atoms with van der Waals surface area (Å²) in [6.07, 6.45) is 7.26. The van der Waals surface area contributed by atoms with E-state index < -0.39 is 0 Å². The molecule has 1 aromatic rings. The molecule has 3 rings (SSSR count). The molecule has 2 heterocycles. The predicted octanol–water partition coefficient (Wildman–Crippen LogP) is 1.55. The smallest absolute Gasteiger partial charge is 0.198 e. The highest BCUT2D eigenvalue weighted by Gasteiger charge is 2.34. The second-order valence-corrected chi connectivity index (χ2v) is 5.60. The standard InChI is InChI=1S/C12H20N4OS/c1-14-8-13-16(12(14)18)9-15-6-7-17-11-5-3-2-4-10(11)15/h8,10-11H,2-7,9H2,1H3/t10-,11+/m0/s1. The Hall–Kier alpha value is -0.720. The molecule has 0 spiro atoms. The number of aryl methyl sites for hydroxylation is 1. The van der Waals surface area contributed by atoms with Crippen LogP contribution < -0.4 is 0 Å². The molecule has 0 N–H and O–H groups in total. The molecule has 2 aliphatic rings. The highest BCUT2D eigenvalue weighted by atomic mass is 32.1. The topological polar surface area (TPSA) is 35.2 Å². The Morgan fingerprint density at radius 1 is 1.44 bits per heavy atom. The quantitative estimate of drug-likeness (QED) is 0.762. The van der Waals surface area contributed by atoms with Crippen LogP contribution in [0.3, 0.4) is 0 Å². The van der Waals surface area contributed by atoms with Crippen molar-refractivity contribution >= 4 is 12.2 Å². The number of nitrogens with zero attached hydrogens (tertiary/aromatic N) is 4. The lowest BCUT2D eigenvalue weighted by molar-refractivity contribution is -0.0994. The second kappa shape index (κ2) is 5.11. The van der Waals surface area contributed by atoms with Gasteiger partial charge in [0.05, 0.1) is 19.4 Å². The van der Waals surface area contributed by atoms with Crippen molar-refractivity contribution in [1.29, 1.82) is 0 Å². The van der Waals surface area contributed by atoms with Crippen molar-refractivity contribution in [2.24, 2.45) is 7.05 Å². The number of ether oxygens (including phenoxy) is 1. The van der Waals surface area contributed by atoms with Gasteiger partial charge in [-0.05, 0) is 25.1 Å².